The summed E-state index contributed by atoms with van der Waals surface area (Å²) in [4.78, 5) is 13.3. The van der Waals surface area contributed by atoms with Crippen LogP contribution in [0.1, 0.15) is 13.3 Å². The Balaban J connectivity index is 2.11. The molecule has 2 heterocycles. The molecular formula is C11H16N2O4S. The van der Waals surface area contributed by atoms with E-state index < -0.39 is 10.0 Å². The Hall–Kier alpha value is -1.18. The second-order valence-electron chi connectivity index (χ2n) is 4.42. The molecule has 1 saturated heterocycles. The van der Waals surface area contributed by atoms with Gasteiger partial charge in [-0.1, -0.05) is 0 Å². The molecule has 2 rings (SSSR count). The Morgan fingerprint density at radius 2 is 2.28 bits per heavy atom. The fraction of sp³-hybridized carbons (Fsp3) is 0.545. The van der Waals surface area contributed by atoms with Gasteiger partial charge < -0.3 is 9.72 Å². The van der Waals surface area contributed by atoms with Crippen LogP contribution in [0.25, 0.3) is 0 Å². The number of nitrogens with one attached hydrogen (secondary N) is 2. The number of rotatable bonds is 4. The van der Waals surface area contributed by atoms with Crippen LogP contribution in [0.4, 0.5) is 0 Å². The van der Waals surface area contributed by atoms with Crippen molar-refractivity contribution in [2.24, 2.45) is 5.92 Å². The molecular weight excluding hydrogens is 256 g/mol. The third-order valence-corrected chi connectivity index (χ3v) is 4.64. The molecule has 0 saturated carbocycles. The van der Waals surface area contributed by atoms with Crippen LogP contribution in [-0.4, -0.2) is 32.7 Å². The first-order valence-electron chi connectivity index (χ1n) is 5.78. The van der Waals surface area contributed by atoms with Gasteiger partial charge in [-0.2, -0.15) is 0 Å². The van der Waals surface area contributed by atoms with E-state index >= 15 is 0 Å². The molecule has 7 heteroatoms. The van der Waals surface area contributed by atoms with Gasteiger partial charge in [0.15, 0.2) is 0 Å². The number of aromatic amines is 1. The molecule has 0 bridgehead atoms. The average Bonchev–Trinajstić information content (AvgIpc) is 2.82. The van der Waals surface area contributed by atoms with E-state index in [-0.39, 0.29) is 22.4 Å². The van der Waals surface area contributed by atoms with Gasteiger partial charge in [-0.15, -0.1) is 0 Å². The van der Waals surface area contributed by atoms with Crippen molar-refractivity contribution < 1.29 is 13.2 Å². The van der Waals surface area contributed by atoms with Gasteiger partial charge in [-0.05, 0) is 19.4 Å². The van der Waals surface area contributed by atoms with Crippen molar-refractivity contribution in [1.29, 1.82) is 0 Å². The van der Waals surface area contributed by atoms with Crippen LogP contribution in [0.5, 0.6) is 0 Å². The van der Waals surface area contributed by atoms with Crippen LogP contribution in [-0.2, 0) is 14.8 Å². The van der Waals surface area contributed by atoms with Gasteiger partial charge in [-0.25, -0.2) is 13.1 Å². The van der Waals surface area contributed by atoms with Gasteiger partial charge in [0.05, 0.1) is 11.5 Å². The first-order chi connectivity index (χ1) is 8.49. The minimum atomic E-state index is -3.59. The Morgan fingerprint density at radius 3 is 2.83 bits per heavy atom. The van der Waals surface area contributed by atoms with Crippen molar-refractivity contribution in [2.75, 3.05) is 13.2 Å². The Morgan fingerprint density at radius 1 is 1.50 bits per heavy atom. The molecule has 2 unspecified atom stereocenters. The van der Waals surface area contributed by atoms with Gasteiger partial charge in [0.1, 0.15) is 0 Å². The predicted octanol–water partition coefficient (Wildman–Crippen LogP) is 0.0782. The number of ether oxygens (including phenoxy) is 1. The standard InChI is InChI=1S/C11H16N2O4S/c1-8(9-4-5-17-7-9)13-18(15,16)10-2-3-11(14)12-6-10/h2-3,6,8-9,13H,4-5,7H2,1H3,(H,12,14). The van der Waals surface area contributed by atoms with E-state index in [0.29, 0.717) is 13.2 Å². The van der Waals surface area contributed by atoms with Gasteiger partial charge >= 0.3 is 0 Å². The van der Waals surface area contributed by atoms with Crippen molar-refractivity contribution in [3.8, 4) is 0 Å². The minimum absolute atomic E-state index is 0.0628. The van der Waals surface area contributed by atoms with E-state index in [0.717, 1.165) is 6.42 Å². The maximum Gasteiger partial charge on any atom is 0.247 e. The average molecular weight is 272 g/mol. The lowest BCUT2D eigenvalue weighted by atomic mass is 10.0. The molecule has 0 radical (unpaired) electrons. The molecule has 0 aromatic carbocycles. The van der Waals surface area contributed by atoms with Crippen LogP contribution in [0.3, 0.4) is 0 Å². The third-order valence-electron chi connectivity index (χ3n) is 3.08. The zero-order valence-corrected chi connectivity index (χ0v) is 10.9. The molecule has 1 aliphatic heterocycles. The number of H-pyrrole nitrogens is 1. The number of hydrogen-bond acceptors (Lipinski definition) is 4. The Bertz CT molecular complexity index is 540. The smallest absolute Gasteiger partial charge is 0.247 e. The van der Waals surface area contributed by atoms with Crippen molar-refractivity contribution in [3.63, 3.8) is 0 Å². The number of pyridine rings is 1. The SMILES string of the molecule is CC(NS(=O)(=O)c1ccc(=O)[nH]c1)C1CCOC1. The molecule has 0 spiro atoms. The third kappa shape index (κ3) is 2.98. The molecule has 6 nitrogen and oxygen atoms in total. The lowest BCUT2D eigenvalue weighted by molar-refractivity contribution is 0.180. The molecule has 1 aliphatic rings. The highest BCUT2D eigenvalue weighted by Gasteiger charge is 2.26. The molecule has 18 heavy (non-hydrogen) atoms. The zero-order valence-electron chi connectivity index (χ0n) is 10.0. The van der Waals surface area contributed by atoms with Crippen molar-refractivity contribution in [3.05, 3.63) is 28.7 Å². The summed E-state index contributed by atoms with van der Waals surface area (Å²) >= 11 is 0. The van der Waals surface area contributed by atoms with E-state index in [1.54, 1.807) is 0 Å². The van der Waals surface area contributed by atoms with E-state index in [2.05, 4.69) is 9.71 Å². The fourth-order valence-corrected chi connectivity index (χ4v) is 3.20. The summed E-state index contributed by atoms with van der Waals surface area (Å²) in [5.41, 5.74) is -0.328. The second kappa shape index (κ2) is 5.21. The summed E-state index contributed by atoms with van der Waals surface area (Å²) in [5, 5.41) is 0. The monoisotopic (exact) mass is 272 g/mol. The lowest BCUT2D eigenvalue weighted by Crippen LogP contribution is -2.38. The minimum Gasteiger partial charge on any atom is -0.381 e. The van der Waals surface area contributed by atoms with Gasteiger partial charge in [0, 0.05) is 30.8 Å². The van der Waals surface area contributed by atoms with Crippen LogP contribution < -0.4 is 10.3 Å². The molecule has 2 N–H and O–H groups in total. The lowest BCUT2D eigenvalue weighted by Gasteiger charge is -2.19. The second-order valence-corrected chi connectivity index (χ2v) is 6.14. The predicted molar refractivity (Wildman–Crippen MR) is 65.8 cm³/mol. The quantitative estimate of drug-likeness (QED) is 0.812. The summed E-state index contributed by atoms with van der Waals surface area (Å²) in [5.74, 6) is 0.197. The van der Waals surface area contributed by atoms with Crippen LogP contribution in [0.2, 0.25) is 0 Å². The first-order valence-corrected chi connectivity index (χ1v) is 7.26. The molecule has 0 amide bonds. The number of hydrogen-bond donors (Lipinski definition) is 2. The van der Waals surface area contributed by atoms with E-state index in [1.165, 1.54) is 18.3 Å². The molecule has 2 atom stereocenters. The number of sulfonamides is 1. The van der Waals surface area contributed by atoms with Gasteiger partial charge in [0.25, 0.3) is 0 Å². The highest BCUT2D eigenvalue weighted by Crippen LogP contribution is 2.18. The fourth-order valence-electron chi connectivity index (χ4n) is 1.92. The summed E-state index contributed by atoms with van der Waals surface area (Å²) < 4.78 is 31.9. The van der Waals surface area contributed by atoms with E-state index in [1.807, 2.05) is 6.92 Å². The normalized spacial score (nSPS) is 21.9. The summed E-state index contributed by atoms with van der Waals surface area (Å²) in [6, 6.07) is 2.29. The zero-order chi connectivity index (χ0) is 13.2. The van der Waals surface area contributed by atoms with Crippen molar-refractivity contribution >= 4 is 10.0 Å². The van der Waals surface area contributed by atoms with Crippen LogP contribution >= 0.6 is 0 Å². The maximum atomic E-state index is 12.0. The molecule has 1 aromatic rings. The van der Waals surface area contributed by atoms with Gasteiger partial charge in [-0.3, -0.25) is 4.79 Å². The summed E-state index contributed by atoms with van der Waals surface area (Å²) in [7, 11) is -3.59. The Labute approximate surface area is 105 Å². The largest absolute Gasteiger partial charge is 0.381 e. The van der Waals surface area contributed by atoms with E-state index in [4.69, 9.17) is 4.74 Å². The summed E-state index contributed by atoms with van der Waals surface area (Å²) in [6.07, 6.45) is 2.05. The van der Waals surface area contributed by atoms with Crippen LogP contribution in [0.15, 0.2) is 28.0 Å². The highest BCUT2D eigenvalue weighted by molar-refractivity contribution is 7.89. The molecule has 100 valence electrons. The summed E-state index contributed by atoms with van der Waals surface area (Å²) in [6.45, 7) is 3.08. The maximum absolute atomic E-state index is 12.0. The van der Waals surface area contributed by atoms with E-state index in [9.17, 15) is 13.2 Å². The van der Waals surface area contributed by atoms with Crippen LogP contribution in [0, 0.1) is 5.92 Å². The Kier molecular flexibility index (Phi) is 3.84. The van der Waals surface area contributed by atoms with Crippen molar-refractivity contribution in [2.45, 2.75) is 24.3 Å². The highest BCUT2D eigenvalue weighted by atomic mass is 32.2. The van der Waals surface area contributed by atoms with Gasteiger partial charge in [0.2, 0.25) is 15.6 Å². The number of aromatic nitrogens is 1. The topological polar surface area (TPSA) is 88.3 Å². The molecule has 1 fully saturated rings. The first kappa shape index (κ1) is 13.3. The molecule has 1 aromatic heterocycles. The molecule has 0 aliphatic carbocycles. The van der Waals surface area contributed by atoms with Crippen molar-refractivity contribution in [1.82, 2.24) is 9.71 Å².